The third-order valence-corrected chi connectivity index (χ3v) is 12.3. The van der Waals surface area contributed by atoms with Gasteiger partial charge in [-0.25, -0.2) is 8.42 Å². The first-order valence-corrected chi connectivity index (χ1v) is 17.1. The highest BCUT2D eigenvalue weighted by atomic mass is 32.2. The standard InChI is InChI=1S/C36H24NO2PS2/c38-42(39,32-25-21-30(22-26-32)40(28-11-3-1-4-12-28)29-13-5-2-6-14-29)31-23-19-27(20-24-31)37-33-15-7-9-17-35(33)41-36-18-10-8-16-34(36)37/h1-21,23-25H. The summed E-state index contributed by atoms with van der Waals surface area (Å²) >= 11 is 1.74. The molecule has 0 aromatic heterocycles. The Morgan fingerprint density at radius 3 is 1.62 bits per heavy atom. The molecule has 202 valence electrons. The molecule has 0 fully saturated rings. The summed E-state index contributed by atoms with van der Waals surface area (Å²) in [7, 11) is -4.67. The minimum atomic E-state index is -3.78. The number of anilines is 3. The Balaban J connectivity index is 1.25. The van der Waals surface area contributed by atoms with E-state index in [4.69, 9.17) is 0 Å². The van der Waals surface area contributed by atoms with Crippen LogP contribution < -0.4 is 15.5 Å². The van der Waals surface area contributed by atoms with E-state index in [1.807, 2.05) is 78.9 Å². The lowest BCUT2D eigenvalue weighted by Gasteiger charge is -2.32. The van der Waals surface area contributed by atoms with Crippen LogP contribution in [0.5, 0.6) is 0 Å². The van der Waals surface area contributed by atoms with Crippen molar-refractivity contribution in [2.45, 2.75) is 14.7 Å². The summed E-state index contributed by atoms with van der Waals surface area (Å²) in [6, 6.07) is 44.2. The Bertz CT molecular complexity index is 1960. The molecule has 0 unspecified atom stereocenters. The summed E-state index contributed by atoms with van der Waals surface area (Å²) in [4.78, 5) is 4.83. The molecule has 5 aromatic rings. The lowest BCUT2D eigenvalue weighted by Crippen LogP contribution is -2.15. The van der Waals surface area contributed by atoms with Crippen LogP contribution in [-0.4, -0.2) is 8.42 Å². The molecule has 0 bridgehead atoms. The van der Waals surface area contributed by atoms with Gasteiger partial charge in [-0.1, -0.05) is 102 Å². The number of fused-ring (bicyclic) bond motifs is 2. The van der Waals surface area contributed by atoms with E-state index in [9.17, 15) is 8.42 Å². The van der Waals surface area contributed by atoms with Gasteiger partial charge >= 0.3 is 0 Å². The van der Waals surface area contributed by atoms with Crippen LogP contribution in [-0.2, 0) is 9.84 Å². The second-order valence-corrected chi connectivity index (χ2v) is 14.9. The summed E-state index contributed by atoms with van der Waals surface area (Å²) in [5.74, 6) is 0. The van der Waals surface area contributed by atoms with Crippen molar-refractivity contribution in [2.24, 2.45) is 0 Å². The highest BCUT2D eigenvalue weighted by Gasteiger charge is 2.26. The summed E-state index contributed by atoms with van der Waals surface area (Å²) in [5.41, 5.74) is 9.24. The SMILES string of the molecule is O=S(=O)(C1=C=C=C(P(c2ccccc2)c2ccccc2)C=C1)c1ccc(N2c3ccccc3Sc3ccccc32)cc1. The van der Waals surface area contributed by atoms with E-state index < -0.39 is 17.8 Å². The largest absolute Gasteiger partial charge is 0.308 e. The van der Waals surface area contributed by atoms with Gasteiger partial charge in [0.05, 0.1) is 16.3 Å². The number of hydrogen-bond donors (Lipinski definition) is 0. The van der Waals surface area contributed by atoms with E-state index in [0.717, 1.165) is 32.2 Å². The maximum atomic E-state index is 13.7. The van der Waals surface area contributed by atoms with Gasteiger partial charge in [0.1, 0.15) is 4.91 Å². The summed E-state index contributed by atoms with van der Waals surface area (Å²) in [6.07, 6.45) is 3.54. The second kappa shape index (κ2) is 11.2. The van der Waals surface area contributed by atoms with E-state index in [2.05, 4.69) is 64.9 Å². The monoisotopic (exact) mass is 597 g/mol. The van der Waals surface area contributed by atoms with Crippen molar-refractivity contribution in [3.8, 4) is 0 Å². The van der Waals surface area contributed by atoms with Gasteiger partial charge in [-0.2, -0.15) is 0 Å². The van der Waals surface area contributed by atoms with Gasteiger partial charge in [-0.15, -0.1) is 0 Å². The smallest absolute Gasteiger partial charge is 0.214 e. The van der Waals surface area contributed by atoms with E-state index in [1.54, 1.807) is 30.0 Å². The lowest BCUT2D eigenvalue weighted by molar-refractivity contribution is 0.603. The van der Waals surface area contributed by atoms with Gasteiger partial charge in [0.15, 0.2) is 0 Å². The number of para-hydroxylation sites is 2. The molecule has 5 aromatic carbocycles. The predicted octanol–water partition coefficient (Wildman–Crippen LogP) is 8.62. The maximum Gasteiger partial charge on any atom is 0.214 e. The summed E-state index contributed by atoms with van der Waals surface area (Å²) in [5, 5.41) is 3.28. The Labute approximate surface area is 251 Å². The number of nitrogens with zero attached hydrogens (tertiary/aromatic N) is 1. The van der Waals surface area contributed by atoms with Gasteiger partial charge in [0, 0.05) is 20.8 Å². The van der Waals surface area contributed by atoms with Crippen LogP contribution in [0.3, 0.4) is 0 Å². The van der Waals surface area contributed by atoms with Crippen molar-refractivity contribution in [1.29, 1.82) is 0 Å². The molecule has 1 aliphatic heterocycles. The molecule has 2 aliphatic rings. The Morgan fingerprint density at radius 1 is 0.571 bits per heavy atom. The maximum absolute atomic E-state index is 13.7. The van der Waals surface area contributed by atoms with Crippen LogP contribution in [0.15, 0.2) is 182 Å². The van der Waals surface area contributed by atoms with Crippen LogP contribution >= 0.6 is 19.7 Å². The molecular weight excluding hydrogens is 574 g/mol. The number of allylic oxidation sites excluding steroid dienone is 3. The molecule has 42 heavy (non-hydrogen) atoms. The molecule has 0 spiro atoms. The summed E-state index contributed by atoms with van der Waals surface area (Å²) < 4.78 is 27.4. The zero-order valence-electron chi connectivity index (χ0n) is 22.4. The van der Waals surface area contributed by atoms with Gasteiger partial charge < -0.3 is 4.90 Å². The molecule has 0 N–H and O–H groups in total. The van der Waals surface area contributed by atoms with Crippen LogP contribution in [0.2, 0.25) is 0 Å². The van der Waals surface area contributed by atoms with Crippen LogP contribution in [0.25, 0.3) is 0 Å². The first-order valence-electron chi connectivity index (χ1n) is 13.4. The zero-order chi connectivity index (χ0) is 28.5. The van der Waals surface area contributed by atoms with E-state index >= 15 is 0 Å². The van der Waals surface area contributed by atoms with Gasteiger partial charge in [-0.3, -0.25) is 0 Å². The van der Waals surface area contributed by atoms with E-state index in [0.29, 0.717) is 0 Å². The predicted molar refractivity (Wildman–Crippen MR) is 175 cm³/mol. The molecule has 0 saturated heterocycles. The van der Waals surface area contributed by atoms with Crippen molar-refractivity contribution in [3.63, 3.8) is 0 Å². The van der Waals surface area contributed by atoms with Crippen molar-refractivity contribution in [2.75, 3.05) is 4.90 Å². The van der Waals surface area contributed by atoms with Crippen molar-refractivity contribution >= 4 is 57.2 Å². The third-order valence-electron chi connectivity index (χ3n) is 7.10. The number of sulfone groups is 1. The fourth-order valence-corrected chi connectivity index (χ4v) is 9.54. The molecule has 0 saturated carbocycles. The summed E-state index contributed by atoms with van der Waals surface area (Å²) in [6.45, 7) is 0. The third kappa shape index (κ3) is 4.89. The molecule has 0 amide bonds. The first kappa shape index (κ1) is 26.6. The van der Waals surface area contributed by atoms with E-state index in [1.165, 1.54) is 10.6 Å². The minimum Gasteiger partial charge on any atom is -0.308 e. The second-order valence-electron chi connectivity index (χ2n) is 9.71. The molecule has 1 heterocycles. The van der Waals surface area contributed by atoms with Crippen LogP contribution in [0.1, 0.15) is 0 Å². The van der Waals surface area contributed by atoms with Crippen molar-refractivity contribution in [3.05, 3.63) is 167 Å². The number of rotatable bonds is 6. The fourth-order valence-electron chi connectivity index (χ4n) is 5.12. The van der Waals surface area contributed by atoms with E-state index in [-0.39, 0.29) is 9.80 Å². The average Bonchev–Trinajstić information content (AvgIpc) is 3.05. The molecule has 0 radical (unpaired) electrons. The molecule has 7 rings (SSSR count). The normalized spacial score (nSPS) is 13.8. The number of benzene rings is 5. The minimum absolute atomic E-state index is 0.111. The van der Waals surface area contributed by atoms with Crippen molar-refractivity contribution in [1.82, 2.24) is 0 Å². The molecule has 6 heteroatoms. The van der Waals surface area contributed by atoms with Gasteiger partial charge in [0.2, 0.25) is 9.84 Å². The molecule has 3 nitrogen and oxygen atoms in total. The topological polar surface area (TPSA) is 37.4 Å². The Morgan fingerprint density at radius 2 is 1.10 bits per heavy atom. The quantitative estimate of drug-likeness (QED) is 0.142. The van der Waals surface area contributed by atoms with Gasteiger partial charge in [-0.05, 0) is 84.9 Å². The number of hydrogen-bond acceptors (Lipinski definition) is 4. The Kier molecular flexibility index (Phi) is 7.06. The van der Waals surface area contributed by atoms with Gasteiger partial charge in [0.25, 0.3) is 0 Å². The molecule has 0 atom stereocenters. The fraction of sp³-hybridized carbons (Fsp3) is 0. The van der Waals surface area contributed by atoms with Crippen LogP contribution in [0.4, 0.5) is 17.1 Å². The lowest BCUT2D eigenvalue weighted by atomic mass is 10.2. The zero-order valence-corrected chi connectivity index (χ0v) is 24.9. The van der Waals surface area contributed by atoms with Crippen molar-refractivity contribution < 1.29 is 8.42 Å². The average molecular weight is 598 g/mol. The highest BCUT2D eigenvalue weighted by molar-refractivity contribution is 7.99. The van der Waals surface area contributed by atoms with Crippen LogP contribution in [0, 0.1) is 0 Å². The molecule has 1 aliphatic carbocycles. The highest BCUT2D eigenvalue weighted by Crippen LogP contribution is 2.51. The molecular formula is C36H24NO2PS2. The first-order chi connectivity index (χ1) is 20.6. The Hall–Kier alpha value is -4.33.